The molecule has 0 bridgehead atoms. The van der Waals surface area contributed by atoms with Crippen molar-refractivity contribution in [3.63, 3.8) is 0 Å². The van der Waals surface area contributed by atoms with Gasteiger partial charge in [0.25, 0.3) is 0 Å². The SMILES string of the molecule is Cc1cccnc1NC(=O)CCC(=O)OC(C)(C)C. The van der Waals surface area contributed by atoms with E-state index in [9.17, 15) is 9.59 Å². The Morgan fingerprint density at radius 2 is 2.00 bits per heavy atom. The van der Waals surface area contributed by atoms with Gasteiger partial charge in [-0.3, -0.25) is 9.59 Å². The molecule has 0 fully saturated rings. The Labute approximate surface area is 113 Å². The van der Waals surface area contributed by atoms with Gasteiger partial charge in [-0.05, 0) is 39.3 Å². The molecule has 1 N–H and O–H groups in total. The van der Waals surface area contributed by atoms with Gasteiger partial charge in [0.05, 0.1) is 6.42 Å². The van der Waals surface area contributed by atoms with E-state index in [-0.39, 0.29) is 24.7 Å². The molecule has 0 radical (unpaired) electrons. The Kier molecular flexibility index (Phi) is 5.03. The molecule has 0 spiro atoms. The van der Waals surface area contributed by atoms with Crippen molar-refractivity contribution in [2.24, 2.45) is 0 Å². The van der Waals surface area contributed by atoms with Gasteiger partial charge in [-0.2, -0.15) is 0 Å². The molecule has 1 aromatic rings. The molecule has 19 heavy (non-hydrogen) atoms. The Hall–Kier alpha value is -1.91. The monoisotopic (exact) mass is 264 g/mol. The smallest absolute Gasteiger partial charge is 0.306 e. The van der Waals surface area contributed by atoms with E-state index in [1.54, 1.807) is 33.0 Å². The maximum atomic E-state index is 11.7. The van der Waals surface area contributed by atoms with Crippen LogP contribution in [0, 0.1) is 6.92 Å². The lowest BCUT2D eigenvalue weighted by Crippen LogP contribution is -2.24. The Morgan fingerprint density at radius 3 is 2.58 bits per heavy atom. The molecule has 0 aliphatic rings. The summed E-state index contributed by atoms with van der Waals surface area (Å²) >= 11 is 0. The van der Waals surface area contributed by atoms with Gasteiger partial charge in [-0.15, -0.1) is 0 Å². The second-order valence-electron chi connectivity index (χ2n) is 5.30. The molecular weight excluding hydrogens is 244 g/mol. The average molecular weight is 264 g/mol. The number of nitrogens with zero attached hydrogens (tertiary/aromatic N) is 1. The Balaban J connectivity index is 2.41. The van der Waals surface area contributed by atoms with Crippen molar-refractivity contribution in [2.45, 2.75) is 46.1 Å². The van der Waals surface area contributed by atoms with Crippen molar-refractivity contribution in [3.05, 3.63) is 23.9 Å². The normalized spacial score (nSPS) is 10.9. The Morgan fingerprint density at radius 1 is 1.32 bits per heavy atom. The van der Waals surface area contributed by atoms with Gasteiger partial charge in [0.2, 0.25) is 5.91 Å². The third kappa shape index (κ3) is 5.99. The zero-order chi connectivity index (χ0) is 14.5. The number of hydrogen-bond donors (Lipinski definition) is 1. The molecule has 0 saturated carbocycles. The minimum absolute atomic E-state index is 0.0645. The standard InChI is InChI=1S/C14H20N2O3/c1-10-6-5-9-15-13(10)16-11(17)7-8-12(18)19-14(2,3)4/h5-6,9H,7-8H2,1-4H3,(H,15,16,17). The van der Waals surface area contributed by atoms with Crippen molar-refractivity contribution >= 4 is 17.7 Å². The number of hydrogen-bond acceptors (Lipinski definition) is 4. The molecule has 1 aromatic heterocycles. The van der Waals surface area contributed by atoms with Gasteiger partial charge in [0, 0.05) is 12.6 Å². The summed E-state index contributed by atoms with van der Waals surface area (Å²) in [5.41, 5.74) is 0.360. The molecule has 104 valence electrons. The fourth-order valence-electron chi connectivity index (χ4n) is 1.42. The molecule has 0 aromatic carbocycles. The second kappa shape index (κ2) is 6.31. The number of aromatic nitrogens is 1. The maximum Gasteiger partial charge on any atom is 0.306 e. The average Bonchev–Trinajstić information content (AvgIpc) is 2.27. The van der Waals surface area contributed by atoms with E-state index in [2.05, 4.69) is 10.3 Å². The zero-order valence-corrected chi connectivity index (χ0v) is 11.8. The summed E-state index contributed by atoms with van der Waals surface area (Å²) in [5.74, 6) is -0.0928. The van der Waals surface area contributed by atoms with Gasteiger partial charge in [-0.25, -0.2) is 4.98 Å². The number of pyridine rings is 1. The first-order valence-corrected chi connectivity index (χ1v) is 6.21. The van der Waals surface area contributed by atoms with Crippen LogP contribution in [0.15, 0.2) is 18.3 Å². The van der Waals surface area contributed by atoms with Crippen LogP contribution in [0.25, 0.3) is 0 Å². The van der Waals surface area contributed by atoms with Gasteiger partial charge >= 0.3 is 5.97 Å². The predicted molar refractivity (Wildman–Crippen MR) is 72.7 cm³/mol. The molecule has 1 amide bonds. The largest absolute Gasteiger partial charge is 0.460 e. The number of ether oxygens (including phenoxy) is 1. The number of aryl methyl sites for hydroxylation is 1. The highest BCUT2D eigenvalue weighted by Gasteiger charge is 2.17. The fraction of sp³-hybridized carbons (Fsp3) is 0.500. The van der Waals surface area contributed by atoms with E-state index in [1.807, 2.05) is 13.0 Å². The van der Waals surface area contributed by atoms with Gasteiger partial charge in [0.1, 0.15) is 11.4 Å². The van der Waals surface area contributed by atoms with Crippen molar-refractivity contribution in [1.29, 1.82) is 0 Å². The van der Waals surface area contributed by atoms with Crippen LogP contribution in [0.2, 0.25) is 0 Å². The van der Waals surface area contributed by atoms with Crippen LogP contribution in [0.4, 0.5) is 5.82 Å². The number of carbonyl (C=O) groups is 2. The van der Waals surface area contributed by atoms with Crippen LogP contribution in [-0.4, -0.2) is 22.5 Å². The number of rotatable bonds is 4. The first kappa shape index (κ1) is 15.1. The number of amides is 1. The third-order valence-corrected chi connectivity index (χ3v) is 2.24. The van der Waals surface area contributed by atoms with E-state index in [0.29, 0.717) is 5.82 Å². The first-order valence-electron chi connectivity index (χ1n) is 6.21. The lowest BCUT2D eigenvalue weighted by atomic mass is 10.2. The molecular formula is C14H20N2O3. The molecule has 0 saturated heterocycles. The summed E-state index contributed by atoms with van der Waals surface area (Å²) in [6, 6.07) is 3.65. The number of carbonyl (C=O) groups excluding carboxylic acids is 2. The minimum atomic E-state index is -0.523. The molecule has 5 heteroatoms. The predicted octanol–water partition coefficient (Wildman–Crippen LogP) is 2.45. The molecule has 1 rings (SSSR count). The highest BCUT2D eigenvalue weighted by atomic mass is 16.6. The number of esters is 1. The van der Waals surface area contributed by atoms with Crippen molar-refractivity contribution in [1.82, 2.24) is 4.98 Å². The zero-order valence-electron chi connectivity index (χ0n) is 11.8. The van der Waals surface area contributed by atoms with E-state index in [0.717, 1.165) is 5.56 Å². The van der Waals surface area contributed by atoms with Gasteiger partial charge < -0.3 is 10.1 Å². The molecule has 0 unspecified atom stereocenters. The molecule has 0 atom stereocenters. The first-order chi connectivity index (χ1) is 8.78. The van der Waals surface area contributed by atoms with Crippen LogP contribution in [0.5, 0.6) is 0 Å². The van der Waals surface area contributed by atoms with Crippen LogP contribution in [-0.2, 0) is 14.3 Å². The summed E-state index contributed by atoms with van der Waals surface area (Å²) in [6.07, 6.45) is 1.76. The molecule has 0 aliphatic heterocycles. The minimum Gasteiger partial charge on any atom is -0.460 e. The van der Waals surface area contributed by atoms with E-state index < -0.39 is 5.60 Å². The summed E-state index contributed by atoms with van der Waals surface area (Å²) in [5, 5.41) is 2.67. The highest BCUT2D eigenvalue weighted by Crippen LogP contribution is 2.11. The summed E-state index contributed by atoms with van der Waals surface area (Å²) < 4.78 is 5.13. The van der Waals surface area contributed by atoms with Crippen LogP contribution >= 0.6 is 0 Å². The molecule has 0 aliphatic carbocycles. The summed E-state index contributed by atoms with van der Waals surface area (Å²) in [6.45, 7) is 7.24. The number of nitrogens with one attached hydrogen (secondary N) is 1. The summed E-state index contributed by atoms with van der Waals surface area (Å²) in [7, 11) is 0. The van der Waals surface area contributed by atoms with Crippen LogP contribution in [0.3, 0.4) is 0 Å². The fourth-order valence-corrected chi connectivity index (χ4v) is 1.42. The Bertz CT molecular complexity index is 464. The lowest BCUT2D eigenvalue weighted by molar-refractivity contribution is -0.155. The van der Waals surface area contributed by atoms with Crippen LogP contribution < -0.4 is 5.32 Å². The topological polar surface area (TPSA) is 68.3 Å². The van der Waals surface area contributed by atoms with Gasteiger partial charge in [-0.1, -0.05) is 6.07 Å². The van der Waals surface area contributed by atoms with Crippen LogP contribution in [0.1, 0.15) is 39.2 Å². The van der Waals surface area contributed by atoms with Crippen molar-refractivity contribution in [3.8, 4) is 0 Å². The molecule has 5 nitrogen and oxygen atoms in total. The second-order valence-corrected chi connectivity index (χ2v) is 5.30. The summed E-state index contributed by atoms with van der Waals surface area (Å²) in [4.78, 5) is 27.2. The quantitative estimate of drug-likeness (QED) is 0.848. The molecule has 1 heterocycles. The van der Waals surface area contributed by atoms with Crippen molar-refractivity contribution in [2.75, 3.05) is 5.32 Å². The van der Waals surface area contributed by atoms with E-state index in [4.69, 9.17) is 4.74 Å². The van der Waals surface area contributed by atoms with E-state index >= 15 is 0 Å². The van der Waals surface area contributed by atoms with E-state index in [1.165, 1.54) is 0 Å². The highest BCUT2D eigenvalue weighted by molar-refractivity contribution is 5.92. The lowest BCUT2D eigenvalue weighted by Gasteiger charge is -2.19. The van der Waals surface area contributed by atoms with Crippen molar-refractivity contribution < 1.29 is 14.3 Å². The third-order valence-electron chi connectivity index (χ3n) is 2.24. The maximum absolute atomic E-state index is 11.7. The van der Waals surface area contributed by atoms with Gasteiger partial charge in [0.15, 0.2) is 0 Å². The number of anilines is 1.